The maximum Gasteiger partial charge on any atom is 0.309 e. The molecule has 3 heterocycles. The summed E-state index contributed by atoms with van der Waals surface area (Å²) in [4.78, 5) is 41.5. The van der Waals surface area contributed by atoms with Crippen molar-refractivity contribution in [3.63, 3.8) is 0 Å². The number of nitrogens with zero attached hydrogens (tertiary/aromatic N) is 2. The number of carbonyl (C=O) groups is 3. The molecule has 4 rings (SSSR count). The fraction of sp³-hybridized carbons (Fsp3) is 0.409. The first-order valence-electron chi connectivity index (χ1n) is 9.96. The zero-order valence-electron chi connectivity index (χ0n) is 16.2. The molecule has 0 bridgehead atoms. The van der Waals surface area contributed by atoms with Crippen LogP contribution in [0.15, 0.2) is 41.8 Å². The zero-order valence-corrected chi connectivity index (χ0v) is 17.0. The monoisotopic (exact) mass is 412 g/mol. The number of benzene rings is 1. The fourth-order valence-corrected chi connectivity index (χ4v) is 4.62. The summed E-state index contributed by atoms with van der Waals surface area (Å²) in [6.07, 6.45) is 1.97. The topological polar surface area (TPSA) is 66.9 Å². The van der Waals surface area contributed by atoms with Crippen molar-refractivity contribution in [3.8, 4) is 0 Å². The third-order valence-electron chi connectivity index (χ3n) is 5.67. The molecule has 2 amide bonds. The van der Waals surface area contributed by atoms with E-state index in [1.807, 2.05) is 35.7 Å². The molecule has 0 radical (unpaired) electrons. The van der Waals surface area contributed by atoms with Crippen molar-refractivity contribution in [2.45, 2.75) is 25.8 Å². The summed E-state index contributed by atoms with van der Waals surface area (Å²) < 4.78 is 5.32. The summed E-state index contributed by atoms with van der Waals surface area (Å²) in [5, 5.41) is 1.88. The maximum absolute atomic E-state index is 12.5. The number of fused-ring (bicyclic) bond motifs is 1. The zero-order chi connectivity index (χ0) is 20.2. The van der Waals surface area contributed by atoms with E-state index in [0.717, 1.165) is 16.9 Å². The van der Waals surface area contributed by atoms with Gasteiger partial charge in [0.15, 0.2) is 6.61 Å². The minimum absolute atomic E-state index is 0.0207. The highest BCUT2D eigenvalue weighted by molar-refractivity contribution is 7.12. The summed E-state index contributed by atoms with van der Waals surface area (Å²) in [5.41, 5.74) is 2.43. The minimum Gasteiger partial charge on any atom is -0.455 e. The Morgan fingerprint density at radius 2 is 1.72 bits per heavy atom. The lowest BCUT2D eigenvalue weighted by atomic mass is 9.97. The molecular formula is C22H24N2O4S. The molecule has 0 atom stereocenters. The number of hydrogen-bond donors (Lipinski definition) is 0. The van der Waals surface area contributed by atoms with Crippen LogP contribution in [-0.2, 0) is 27.3 Å². The molecule has 0 spiro atoms. The predicted octanol–water partition coefficient (Wildman–Crippen LogP) is 2.73. The van der Waals surface area contributed by atoms with Gasteiger partial charge in [0.05, 0.1) is 10.8 Å². The van der Waals surface area contributed by atoms with Gasteiger partial charge >= 0.3 is 5.97 Å². The Balaban J connectivity index is 1.22. The smallest absolute Gasteiger partial charge is 0.309 e. The van der Waals surface area contributed by atoms with E-state index in [0.29, 0.717) is 39.0 Å². The molecule has 2 aliphatic heterocycles. The normalized spacial score (nSPS) is 17.0. The molecule has 0 aliphatic carbocycles. The Kier molecular flexibility index (Phi) is 5.94. The predicted molar refractivity (Wildman–Crippen MR) is 109 cm³/mol. The van der Waals surface area contributed by atoms with Crippen LogP contribution >= 0.6 is 11.3 Å². The van der Waals surface area contributed by atoms with Crippen molar-refractivity contribution in [3.05, 3.63) is 57.8 Å². The molecule has 152 valence electrons. The highest BCUT2D eigenvalue weighted by atomic mass is 32.1. The highest BCUT2D eigenvalue weighted by Crippen LogP contribution is 2.22. The number of amides is 2. The second-order valence-electron chi connectivity index (χ2n) is 7.49. The van der Waals surface area contributed by atoms with Gasteiger partial charge in [-0.1, -0.05) is 30.3 Å². The van der Waals surface area contributed by atoms with Gasteiger partial charge in [0.25, 0.3) is 11.8 Å². The summed E-state index contributed by atoms with van der Waals surface area (Å²) in [6, 6.07) is 11.8. The third kappa shape index (κ3) is 4.50. The van der Waals surface area contributed by atoms with Crippen LogP contribution in [0.4, 0.5) is 0 Å². The SMILES string of the molecule is O=C(OCC(=O)N1CCc2ccccc2C1)C1CCN(C(=O)c2cccs2)CC1. The number of likely N-dealkylation sites (tertiary alicyclic amines) is 1. The van der Waals surface area contributed by atoms with E-state index in [1.54, 1.807) is 9.80 Å². The van der Waals surface area contributed by atoms with Crippen LogP contribution in [0, 0.1) is 5.92 Å². The number of carbonyl (C=O) groups excluding carboxylic acids is 3. The van der Waals surface area contributed by atoms with Crippen LogP contribution in [0.3, 0.4) is 0 Å². The van der Waals surface area contributed by atoms with Crippen molar-refractivity contribution < 1.29 is 19.1 Å². The van der Waals surface area contributed by atoms with Crippen LogP contribution in [0.25, 0.3) is 0 Å². The van der Waals surface area contributed by atoms with Crippen LogP contribution in [0.5, 0.6) is 0 Å². The summed E-state index contributed by atoms with van der Waals surface area (Å²) in [5.74, 6) is -0.721. The largest absolute Gasteiger partial charge is 0.455 e. The summed E-state index contributed by atoms with van der Waals surface area (Å²) in [6.45, 7) is 2.07. The Bertz CT molecular complexity index is 888. The van der Waals surface area contributed by atoms with Gasteiger partial charge in [-0.05, 0) is 41.8 Å². The van der Waals surface area contributed by atoms with Crippen LogP contribution < -0.4 is 0 Å². The van der Waals surface area contributed by atoms with Gasteiger partial charge in [0.1, 0.15) is 0 Å². The highest BCUT2D eigenvalue weighted by Gasteiger charge is 2.30. The number of rotatable bonds is 4. The summed E-state index contributed by atoms with van der Waals surface area (Å²) in [7, 11) is 0. The molecule has 0 N–H and O–H groups in total. The van der Waals surface area contributed by atoms with Crippen molar-refractivity contribution in [2.24, 2.45) is 5.92 Å². The minimum atomic E-state index is -0.334. The van der Waals surface area contributed by atoms with Crippen molar-refractivity contribution >= 4 is 29.1 Å². The van der Waals surface area contributed by atoms with Gasteiger partial charge in [-0.25, -0.2) is 0 Å². The van der Waals surface area contributed by atoms with E-state index in [2.05, 4.69) is 6.07 Å². The molecule has 6 nitrogen and oxygen atoms in total. The first-order chi connectivity index (χ1) is 14.1. The fourth-order valence-electron chi connectivity index (χ4n) is 3.92. The molecule has 29 heavy (non-hydrogen) atoms. The molecule has 7 heteroatoms. The van der Waals surface area contributed by atoms with Gasteiger partial charge < -0.3 is 14.5 Å². The molecule has 1 saturated heterocycles. The number of thiophene rings is 1. The maximum atomic E-state index is 12.5. The number of ether oxygens (including phenoxy) is 1. The third-order valence-corrected chi connectivity index (χ3v) is 6.53. The number of piperidine rings is 1. The van der Waals surface area contributed by atoms with Gasteiger partial charge in [-0.2, -0.15) is 0 Å². The van der Waals surface area contributed by atoms with Crippen molar-refractivity contribution in [2.75, 3.05) is 26.2 Å². The van der Waals surface area contributed by atoms with Crippen LogP contribution in [-0.4, -0.2) is 53.8 Å². The lowest BCUT2D eigenvalue weighted by Crippen LogP contribution is -2.42. The van der Waals surface area contributed by atoms with Gasteiger partial charge in [0.2, 0.25) is 0 Å². The quantitative estimate of drug-likeness (QED) is 0.725. The number of esters is 1. The molecular weight excluding hydrogens is 388 g/mol. The molecule has 2 aliphatic rings. The molecule has 1 aromatic heterocycles. The van der Waals surface area contributed by atoms with E-state index in [9.17, 15) is 14.4 Å². The standard InChI is InChI=1S/C22H24N2O4S/c25-20(24-12-7-16-4-1-2-5-18(16)14-24)15-28-22(27)17-8-10-23(11-9-17)21(26)19-6-3-13-29-19/h1-6,13,17H,7-12,14-15H2. The Hall–Kier alpha value is -2.67. The van der Waals surface area contributed by atoms with Crippen molar-refractivity contribution in [1.29, 1.82) is 0 Å². The second-order valence-corrected chi connectivity index (χ2v) is 8.43. The molecule has 2 aromatic rings. The average molecular weight is 413 g/mol. The Morgan fingerprint density at radius 1 is 0.966 bits per heavy atom. The van der Waals surface area contributed by atoms with Gasteiger partial charge in [0, 0.05) is 26.2 Å². The van der Waals surface area contributed by atoms with Crippen molar-refractivity contribution in [1.82, 2.24) is 9.80 Å². The van der Waals surface area contributed by atoms with Gasteiger partial charge in [-0.3, -0.25) is 14.4 Å². The van der Waals surface area contributed by atoms with E-state index < -0.39 is 0 Å². The lowest BCUT2D eigenvalue weighted by Gasteiger charge is -2.31. The molecule has 0 saturated carbocycles. The van der Waals surface area contributed by atoms with Crippen LogP contribution in [0.1, 0.15) is 33.6 Å². The lowest BCUT2D eigenvalue weighted by molar-refractivity contribution is -0.157. The molecule has 1 fully saturated rings. The van der Waals surface area contributed by atoms with Crippen LogP contribution in [0.2, 0.25) is 0 Å². The first-order valence-corrected chi connectivity index (χ1v) is 10.8. The number of hydrogen-bond acceptors (Lipinski definition) is 5. The Morgan fingerprint density at radius 3 is 2.45 bits per heavy atom. The van der Waals surface area contributed by atoms with Gasteiger partial charge in [-0.15, -0.1) is 11.3 Å². The van der Waals surface area contributed by atoms with E-state index in [1.165, 1.54) is 16.9 Å². The van der Waals surface area contributed by atoms with E-state index in [-0.39, 0.29) is 30.3 Å². The summed E-state index contributed by atoms with van der Waals surface area (Å²) >= 11 is 1.43. The van der Waals surface area contributed by atoms with E-state index in [4.69, 9.17) is 4.74 Å². The average Bonchev–Trinajstić information content (AvgIpc) is 3.31. The van der Waals surface area contributed by atoms with E-state index >= 15 is 0 Å². The second kappa shape index (κ2) is 8.78. The first kappa shape index (κ1) is 19.6. The molecule has 1 aromatic carbocycles. The molecule has 0 unspecified atom stereocenters. The Labute approximate surface area is 174 Å².